The number of amides is 1. The standard InChI is InChI=1S/C20H19N3O3S/c1-2-23(18-11-5-8-15-7-3-4-9-16(15)18)20(24)17-10-6-12-22-13-14-27(25,26)21-19(17)22/h3-12H,2,13-14H2,1H3. The van der Waals surface area contributed by atoms with Crippen molar-refractivity contribution in [1.82, 2.24) is 4.90 Å². The molecule has 0 unspecified atom stereocenters. The summed E-state index contributed by atoms with van der Waals surface area (Å²) >= 11 is 0. The molecule has 138 valence electrons. The Morgan fingerprint density at radius 3 is 2.78 bits per heavy atom. The third kappa shape index (κ3) is 3.14. The summed E-state index contributed by atoms with van der Waals surface area (Å²) < 4.78 is 27.8. The molecule has 0 N–H and O–H groups in total. The summed E-state index contributed by atoms with van der Waals surface area (Å²) in [7, 11) is -3.55. The first-order chi connectivity index (χ1) is 13.0. The van der Waals surface area contributed by atoms with Gasteiger partial charge in [0.25, 0.3) is 15.9 Å². The first kappa shape index (κ1) is 17.5. The Kier molecular flexibility index (Phi) is 4.31. The normalized spacial score (nSPS) is 17.9. The van der Waals surface area contributed by atoms with Gasteiger partial charge in [-0.2, -0.15) is 0 Å². The average Bonchev–Trinajstić information content (AvgIpc) is 2.67. The second kappa shape index (κ2) is 6.66. The van der Waals surface area contributed by atoms with Crippen molar-refractivity contribution >= 4 is 38.2 Å². The van der Waals surface area contributed by atoms with Crippen LogP contribution in [-0.2, 0) is 14.8 Å². The Bertz CT molecular complexity index is 1110. The average molecular weight is 381 g/mol. The zero-order valence-electron chi connectivity index (χ0n) is 14.9. The summed E-state index contributed by atoms with van der Waals surface area (Å²) in [5, 5.41) is 2.01. The van der Waals surface area contributed by atoms with E-state index in [9.17, 15) is 13.2 Å². The van der Waals surface area contributed by atoms with Crippen LogP contribution in [0.15, 0.2) is 70.8 Å². The molecule has 0 bridgehead atoms. The zero-order valence-corrected chi connectivity index (χ0v) is 15.7. The largest absolute Gasteiger partial charge is 0.331 e. The molecule has 2 aliphatic heterocycles. The second-order valence-electron chi connectivity index (χ2n) is 6.36. The summed E-state index contributed by atoms with van der Waals surface area (Å²) in [6.07, 6.45) is 5.13. The van der Waals surface area contributed by atoms with Crippen molar-refractivity contribution in [2.24, 2.45) is 4.40 Å². The minimum absolute atomic E-state index is 0.0525. The van der Waals surface area contributed by atoms with E-state index < -0.39 is 10.0 Å². The Morgan fingerprint density at radius 2 is 1.96 bits per heavy atom. The highest BCUT2D eigenvalue weighted by Gasteiger charge is 2.32. The van der Waals surface area contributed by atoms with Crippen LogP contribution in [0, 0.1) is 0 Å². The molecule has 7 heteroatoms. The van der Waals surface area contributed by atoms with Crippen LogP contribution in [0.5, 0.6) is 0 Å². The number of benzene rings is 2. The maximum atomic E-state index is 13.4. The molecule has 2 heterocycles. The summed E-state index contributed by atoms with van der Waals surface area (Å²) in [5.74, 6) is -0.116. The lowest BCUT2D eigenvalue weighted by atomic mass is 10.1. The van der Waals surface area contributed by atoms with E-state index in [0.29, 0.717) is 13.1 Å². The molecule has 0 saturated heterocycles. The highest BCUT2D eigenvalue weighted by atomic mass is 32.2. The lowest BCUT2D eigenvalue weighted by Gasteiger charge is -2.31. The number of fused-ring (bicyclic) bond motifs is 2. The molecule has 0 atom stereocenters. The molecule has 0 fully saturated rings. The van der Waals surface area contributed by atoms with Crippen molar-refractivity contribution in [1.29, 1.82) is 0 Å². The third-order valence-corrected chi connectivity index (χ3v) is 5.86. The van der Waals surface area contributed by atoms with Crippen LogP contribution in [0.3, 0.4) is 0 Å². The molecule has 0 aromatic heterocycles. The van der Waals surface area contributed by atoms with Crippen molar-refractivity contribution in [3.8, 4) is 0 Å². The van der Waals surface area contributed by atoms with E-state index in [1.165, 1.54) is 0 Å². The van der Waals surface area contributed by atoms with Gasteiger partial charge in [0.05, 0.1) is 17.0 Å². The van der Waals surface area contributed by atoms with Gasteiger partial charge in [-0.3, -0.25) is 4.79 Å². The number of hydrogen-bond donors (Lipinski definition) is 0. The van der Waals surface area contributed by atoms with Crippen molar-refractivity contribution < 1.29 is 13.2 Å². The van der Waals surface area contributed by atoms with E-state index in [1.54, 1.807) is 28.2 Å². The first-order valence-corrected chi connectivity index (χ1v) is 10.4. The van der Waals surface area contributed by atoms with Gasteiger partial charge in [0.15, 0.2) is 5.84 Å². The smallest absolute Gasteiger partial charge is 0.262 e. The van der Waals surface area contributed by atoms with Crippen molar-refractivity contribution in [2.75, 3.05) is 23.7 Å². The molecule has 6 nitrogen and oxygen atoms in total. The van der Waals surface area contributed by atoms with Crippen LogP contribution >= 0.6 is 0 Å². The van der Waals surface area contributed by atoms with Gasteiger partial charge in [-0.05, 0) is 30.5 Å². The number of rotatable bonds is 3. The summed E-state index contributed by atoms with van der Waals surface area (Å²) in [4.78, 5) is 16.7. The number of carbonyl (C=O) groups excluding carboxylic acids is 1. The summed E-state index contributed by atoms with van der Waals surface area (Å²) in [5.41, 5.74) is 1.08. The van der Waals surface area contributed by atoms with Crippen LogP contribution in [0.2, 0.25) is 0 Å². The Balaban J connectivity index is 1.79. The van der Waals surface area contributed by atoms with Gasteiger partial charge in [0.2, 0.25) is 0 Å². The monoisotopic (exact) mass is 381 g/mol. The number of anilines is 1. The van der Waals surface area contributed by atoms with Gasteiger partial charge in [0, 0.05) is 24.7 Å². The highest BCUT2D eigenvalue weighted by molar-refractivity contribution is 7.90. The van der Waals surface area contributed by atoms with Gasteiger partial charge >= 0.3 is 0 Å². The fourth-order valence-electron chi connectivity index (χ4n) is 3.40. The zero-order chi connectivity index (χ0) is 19.0. The van der Waals surface area contributed by atoms with Crippen LogP contribution in [-0.4, -0.2) is 43.9 Å². The maximum Gasteiger partial charge on any atom is 0.262 e. The van der Waals surface area contributed by atoms with Crippen molar-refractivity contribution in [2.45, 2.75) is 6.92 Å². The maximum absolute atomic E-state index is 13.4. The van der Waals surface area contributed by atoms with Gasteiger partial charge in [-0.15, -0.1) is 4.40 Å². The van der Waals surface area contributed by atoms with Crippen molar-refractivity contribution in [3.05, 3.63) is 66.4 Å². The molecule has 0 radical (unpaired) electrons. The molecule has 0 spiro atoms. The molecular weight excluding hydrogens is 362 g/mol. The van der Waals surface area contributed by atoms with Crippen molar-refractivity contribution in [3.63, 3.8) is 0 Å². The fourth-order valence-corrected chi connectivity index (χ4v) is 4.38. The topological polar surface area (TPSA) is 70.1 Å². The molecule has 4 rings (SSSR count). The number of hydrogen-bond acceptors (Lipinski definition) is 4. The number of likely N-dealkylation sites (N-methyl/N-ethyl adjacent to an activating group) is 1. The second-order valence-corrected chi connectivity index (χ2v) is 8.12. The van der Waals surface area contributed by atoms with E-state index in [1.807, 2.05) is 49.4 Å². The van der Waals surface area contributed by atoms with Crippen LogP contribution in [0.4, 0.5) is 5.69 Å². The fraction of sp³-hybridized carbons (Fsp3) is 0.200. The molecule has 2 aromatic carbocycles. The minimum atomic E-state index is -3.55. The van der Waals surface area contributed by atoms with E-state index in [4.69, 9.17) is 0 Å². The Labute approximate surface area is 158 Å². The van der Waals surface area contributed by atoms with Gasteiger partial charge < -0.3 is 9.80 Å². The van der Waals surface area contributed by atoms with E-state index in [2.05, 4.69) is 4.40 Å². The lowest BCUT2D eigenvalue weighted by molar-refractivity contribution is -0.114. The third-order valence-electron chi connectivity index (χ3n) is 4.71. The van der Waals surface area contributed by atoms with Crippen LogP contribution in [0.1, 0.15) is 6.92 Å². The SMILES string of the molecule is CCN(C(=O)C1=CC=CN2CCS(=O)(=O)N=C12)c1cccc2ccccc12. The van der Waals surface area contributed by atoms with Gasteiger partial charge in [-0.25, -0.2) is 8.42 Å². The van der Waals surface area contributed by atoms with Gasteiger partial charge in [0.1, 0.15) is 0 Å². The summed E-state index contributed by atoms with van der Waals surface area (Å²) in [6, 6.07) is 13.7. The molecule has 1 amide bonds. The van der Waals surface area contributed by atoms with E-state index in [0.717, 1.165) is 16.5 Å². The molecule has 0 aliphatic carbocycles. The van der Waals surface area contributed by atoms with Crippen LogP contribution in [0.25, 0.3) is 10.8 Å². The highest BCUT2D eigenvalue weighted by Crippen LogP contribution is 2.29. The van der Waals surface area contributed by atoms with E-state index in [-0.39, 0.29) is 23.1 Å². The number of nitrogens with zero attached hydrogens (tertiary/aromatic N) is 3. The minimum Gasteiger partial charge on any atom is -0.331 e. The molecule has 2 aliphatic rings. The van der Waals surface area contributed by atoms with Crippen LogP contribution < -0.4 is 4.90 Å². The summed E-state index contributed by atoms with van der Waals surface area (Å²) in [6.45, 7) is 2.65. The molecule has 2 aromatic rings. The predicted molar refractivity (Wildman–Crippen MR) is 107 cm³/mol. The quantitative estimate of drug-likeness (QED) is 0.820. The Morgan fingerprint density at radius 1 is 1.19 bits per heavy atom. The Hall–Kier alpha value is -2.93. The number of amidine groups is 1. The predicted octanol–water partition coefficient (Wildman–Crippen LogP) is 2.69. The lowest BCUT2D eigenvalue weighted by Crippen LogP contribution is -2.43. The van der Waals surface area contributed by atoms with E-state index >= 15 is 0 Å². The van der Waals surface area contributed by atoms with Gasteiger partial charge in [-0.1, -0.05) is 36.4 Å². The molecule has 27 heavy (non-hydrogen) atoms. The molecular formula is C20H19N3O3S. The number of sulfonamides is 1. The number of carbonyl (C=O) groups is 1. The first-order valence-electron chi connectivity index (χ1n) is 8.78. The number of allylic oxidation sites excluding steroid dienone is 2. The molecule has 0 saturated carbocycles.